The number of para-hydroxylation sites is 1. The summed E-state index contributed by atoms with van der Waals surface area (Å²) < 4.78 is 2.07. The van der Waals surface area contributed by atoms with Gasteiger partial charge in [-0.05, 0) is 36.8 Å². The number of pyridine rings is 1. The molecule has 0 bridgehead atoms. The Balaban J connectivity index is 2.34. The number of benzene rings is 1. The van der Waals surface area contributed by atoms with Crippen LogP contribution in [0.1, 0.15) is 5.56 Å². The number of nitrogens with zero attached hydrogens (tertiary/aromatic N) is 2. The molecule has 17 heavy (non-hydrogen) atoms. The number of fused-ring (bicyclic) bond motifs is 1. The summed E-state index contributed by atoms with van der Waals surface area (Å²) in [5, 5.41) is 1.66. The van der Waals surface area contributed by atoms with Gasteiger partial charge in [0.2, 0.25) is 0 Å². The first-order valence-corrected chi connectivity index (χ1v) is 5.83. The van der Waals surface area contributed by atoms with Crippen molar-refractivity contribution in [3.63, 3.8) is 0 Å². The van der Waals surface area contributed by atoms with E-state index in [1.165, 1.54) is 5.56 Å². The van der Waals surface area contributed by atoms with Crippen LogP contribution in [0.15, 0.2) is 48.7 Å². The molecule has 0 saturated carbocycles. The number of aromatic nitrogens is 2. The van der Waals surface area contributed by atoms with Gasteiger partial charge in [0.05, 0.1) is 0 Å². The van der Waals surface area contributed by atoms with E-state index in [2.05, 4.69) is 34.8 Å². The van der Waals surface area contributed by atoms with Crippen LogP contribution in [-0.2, 0) is 0 Å². The predicted molar refractivity (Wildman–Crippen MR) is 70.8 cm³/mol. The van der Waals surface area contributed by atoms with Gasteiger partial charge in [-0.25, -0.2) is 4.98 Å². The van der Waals surface area contributed by atoms with Crippen molar-refractivity contribution in [2.45, 2.75) is 6.92 Å². The van der Waals surface area contributed by atoms with Crippen LogP contribution in [0.4, 0.5) is 0 Å². The lowest BCUT2D eigenvalue weighted by molar-refractivity contribution is 1.09. The monoisotopic (exact) mass is 242 g/mol. The van der Waals surface area contributed by atoms with Gasteiger partial charge < -0.3 is 4.57 Å². The first-order valence-electron chi connectivity index (χ1n) is 5.45. The largest absolute Gasteiger partial charge is 0.301 e. The average Bonchev–Trinajstić information content (AvgIpc) is 2.67. The summed E-state index contributed by atoms with van der Waals surface area (Å²) >= 11 is 5.96. The van der Waals surface area contributed by atoms with Gasteiger partial charge in [-0.15, -0.1) is 0 Å². The normalized spacial score (nSPS) is 10.9. The minimum absolute atomic E-state index is 0.521. The van der Waals surface area contributed by atoms with E-state index in [0.29, 0.717) is 5.15 Å². The molecule has 0 fully saturated rings. The Labute approximate surface area is 104 Å². The van der Waals surface area contributed by atoms with E-state index in [4.69, 9.17) is 11.6 Å². The summed E-state index contributed by atoms with van der Waals surface area (Å²) in [5.41, 5.74) is 3.20. The minimum Gasteiger partial charge on any atom is -0.301 e. The van der Waals surface area contributed by atoms with Crippen molar-refractivity contribution in [1.82, 2.24) is 9.55 Å². The second-order valence-corrected chi connectivity index (χ2v) is 4.41. The molecule has 2 aromatic heterocycles. The van der Waals surface area contributed by atoms with E-state index < -0.39 is 0 Å². The average molecular weight is 243 g/mol. The Hall–Kier alpha value is -1.80. The molecule has 3 aromatic rings. The van der Waals surface area contributed by atoms with Crippen molar-refractivity contribution in [2.24, 2.45) is 0 Å². The third-order valence-electron chi connectivity index (χ3n) is 2.85. The van der Waals surface area contributed by atoms with Crippen molar-refractivity contribution in [3.05, 3.63) is 59.4 Å². The molecular weight excluding hydrogens is 232 g/mol. The Bertz CT molecular complexity index is 671. The summed E-state index contributed by atoms with van der Waals surface area (Å²) in [7, 11) is 0. The number of hydrogen-bond acceptors (Lipinski definition) is 1. The zero-order valence-electron chi connectivity index (χ0n) is 9.39. The van der Waals surface area contributed by atoms with E-state index in [1.807, 2.05) is 30.3 Å². The summed E-state index contributed by atoms with van der Waals surface area (Å²) in [6.45, 7) is 2.08. The van der Waals surface area contributed by atoms with E-state index in [0.717, 1.165) is 16.7 Å². The summed E-state index contributed by atoms with van der Waals surface area (Å²) in [6.07, 6.45) is 2.09. The topological polar surface area (TPSA) is 17.8 Å². The molecule has 0 aliphatic heterocycles. The smallest absolute Gasteiger partial charge is 0.146 e. The fourth-order valence-corrected chi connectivity index (χ4v) is 2.17. The minimum atomic E-state index is 0.521. The highest BCUT2D eigenvalue weighted by atomic mass is 35.5. The van der Waals surface area contributed by atoms with Gasteiger partial charge in [-0.2, -0.15) is 0 Å². The standard InChI is InChI=1S/C14H11ClN2/c1-10-9-17(11-5-3-2-4-6-11)14-12(10)7-8-13(15)16-14/h2-9H,1H3. The van der Waals surface area contributed by atoms with E-state index in [9.17, 15) is 0 Å². The van der Waals surface area contributed by atoms with Crippen molar-refractivity contribution in [3.8, 4) is 5.69 Å². The molecule has 0 atom stereocenters. The third-order valence-corrected chi connectivity index (χ3v) is 3.06. The van der Waals surface area contributed by atoms with Crippen LogP contribution in [0.25, 0.3) is 16.7 Å². The number of halogens is 1. The second kappa shape index (κ2) is 3.90. The number of rotatable bonds is 1. The maximum absolute atomic E-state index is 5.96. The highest BCUT2D eigenvalue weighted by Gasteiger charge is 2.08. The lowest BCUT2D eigenvalue weighted by atomic mass is 10.2. The molecular formula is C14H11ClN2. The van der Waals surface area contributed by atoms with Crippen LogP contribution in [-0.4, -0.2) is 9.55 Å². The quantitative estimate of drug-likeness (QED) is 0.590. The van der Waals surface area contributed by atoms with Gasteiger partial charge >= 0.3 is 0 Å². The molecule has 0 amide bonds. The maximum atomic E-state index is 5.96. The number of hydrogen-bond donors (Lipinski definition) is 0. The van der Waals surface area contributed by atoms with Crippen LogP contribution in [0.5, 0.6) is 0 Å². The fraction of sp³-hybridized carbons (Fsp3) is 0.0714. The maximum Gasteiger partial charge on any atom is 0.146 e. The predicted octanol–water partition coefficient (Wildman–Crippen LogP) is 3.99. The van der Waals surface area contributed by atoms with Gasteiger partial charge in [-0.1, -0.05) is 29.8 Å². The second-order valence-electron chi connectivity index (χ2n) is 4.02. The van der Waals surface area contributed by atoms with Gasteiger partial charge in [0.1, 0.15) is 10.8 Å². The van der Waals surface area contributed by atoms with Gasteiger partial charge in [0.15, 0.2) is 0 Å². The molecule has 2 heterocycles. The van der Waals surface area contributed by atoms with E-state index >= 15 is 0 Å². The van der Waals surface area contributed by atoms with Crippen LogP contribution in [0.2, 0.25) is 5.15 Å². The lowest BCUT2D eigenvalue weighted by Gasteiger charge is -2.03. The fourth-order valence-electron chi connectivity index (χ4n) is 2.03. The van der Waals surface area contributed by atoms with E-state index in [-0.39, 0.29) is 0 Å². The molecule has 3 heteroatoms. The van der Waals surface area contributed by atoms with Gasteiger partial charge in [-0.3, -0.25) is 0 Å². The van der Waals surface area contributed by atoms with Crippen LogP contribution in [0.3, 0.4) is 0 Å². The van der Waals surface area contributed by atoms with Crippen LogP contribution in [0, 0.1) is 6.92 Å². The van der Waals surface area contributed by atoms with Crippen molar-refractivity contribution in [2.75, 3.05) is 0 Å². The third kappa shape index (κ3) is 1.71. The van der Waals surface area contributed by atoms with Crippen LogP contribution >= 0.6 is 11.6 Å². The molecule has 0 unspecified atom stereocenters. The molecule has 84 valence electrons. The SMILES string of the molecule is Cc1cn(-c2ccccc2)c2nc(Cl)ccc12. The Morgan fingerprint density at radius 2 is 1.82 bits per heavy atom. The zero-order chi connectivity index (χ0) is 11.8. The highest BCUT2D eigenvalue weighted by Crippen LogP contribution is 2.24. The first-order chi connectivity index (χ1) is 8.25. The summed E-state index contributed by atoms with van der Waals surface area (Å²) in [6, 6.07) is 14.0. The molecule has 0 aliphatic rings. The highest BCUT2D eigenvalue weighted by molar-refractivity contribution is 6.29. The molecule has 1 aromatic carbocycles. The molecule has 0 aliphatic carbocycles. The zero-order valence-corrected chi connectivity index (χ0v) is 10.1. The molecule has 0 radical (unpaired) electrons. The molecule has 2 nitrogen and oxygen atoms in total. The molecule has 0 spiro atoms. The Morgan fingerprint density at radius 3 is 2.59 bits per heavy atom. The molecule has 3 rings (SSSR count). The Kier molecular flexibility index (Phi) is 2.37. The van der Waals surface area contributed by atoms with Crippen LogP contribution < -0.4 is 0 Å². The lowest BCUT2D eigenvalue weighted by Crippen LogP contribution is -1.92. The van der Waals surface area contributed by atoms with Crippen molar-refractivity contribution < 1.29 is 0 Å². The van der Waals surface area contributed by atoms with Crippen molar-refractivity contribution >= 4 is 22.6 Å². The first kappa shape index (κ1) is 10.4. The molecule has 0 N–H and O–H groups in total. The van der Waals surface area contributed by atoms with Gasteiger partial charge in [0, 0.05) is 17.3 Å². The van der Waals surface area contributed by atoms with Crippen molar-refractivity contribution in [1.29, 1.82) is 0 Å². The number of aryl methyl sites for hydroxylation is 1. The molecule has 0 saturated heterocycles. The van der Waals surface area contributed by atoms with E-state index in [1.54, 1.807) is 0 Å². The summed E-state index contributed by atoms with van der Waals surface area (Å²) in [4.78, 5) is 4.40. The summed E-state index contributed by atoms with van der Waals surface area (Å²) in [5.74, 6) is 0. The Morgan fingerprint density at radius 1 is 1.06 bits per heavy atom. The van der Waals surface area contributed by atoms with Gasteiger partial charge in [0.25, 0.3) is 0 Å².